The predicted octanol–water partition coefficient (Wildman–Crippen LogP) is 3.52. The first-order chi connectivity index (χ1) is 8.83. The maximum atomic E-state index is 4.53. The molecule has 0 aliphatic heterocycles. The molecule has 0 amide bonds. The van der Waals surface area contributed by atoms with Crippen LogP contribution in [0.1, 0.15) is 64.0 Å². The minimum absolute atomic E-state index is 0.474. The van der Waals surface area contributed by atoms with Crippen molar-refractivity contribution in [2.45, 2.75) is 65.0 Å². The monoisotopic (exact) mass is 249 g/mol. The van der Waals surface area contributed by atoms with E-state index in [0.29, 0.717) is 6.04 Å². The predicted molar refractivity (Wildman–Crippen MR) is 75.5 cm³/mol. The van der Waals surface area contributed by atoms with Crippen LogP contribution in [0.25, 0.3) is 0 Å². The zero-order chi connectivity index (χ0) is 12.8. The molecule has 0 aromatic carbocycles. The molecular weight excluding hydrogens is 222 g/mol. The SMILES string of the molecule is CCCNC(CC)c1cnn(CC2CCCC2)c1. The molecule has 1 aromatic heterocycles. The van der Waals surface area contributed by atoms with E-state index in [1.807, 2.05) is 6.20 Å². The Morgan fingerprint density at radius 3 is 2.83 bits per heavy atom. The summed E-state index contributed by atoms with van der Waals surface area (Å²) >= 11 is 0. The van der Waals surface area contributed by atoms with Crippen molar-refractivity contribution in [2.75, 3.05) is 6.54 Å². The maximum absolute atomic E-state index is 4.53. The molecule has 1 aromatic rings. The van der Waals surface area contributed by atoms with Gasteiger partial charge in [-0.15, -0.1) is 0 Å². The minimum Gasteiger partial charge on any atom is -0.310 e. The number of nitrogens with zero attached hydrogens (tertiary/aromatic N) is 2. The Labute approximate surface area is 111 Å². The first kappa shape index (κ1) is 13.6. The molecule has 0 radical (unpaired) electrons. The number of rotatable bonds is 7. The number of nitrogens with one attached hydrogen (secondary N) is 1. The molecule has 1 heterocycles. The van der Waals surface area contributed by atoms with Crippen molar-refractivity contribution in [1.29, 1.82) is 0 Å². The van der Waals surface area contributed by atoms with Gasteiger partial charge in [0, 0.05) is 24.3 Å². The quantitative estimate of drug-likeness (QED) is 0.801. The van der Waals surface area contributed by atoms with Gasteiger partial charge < -0.3 is 5.32 Å². The summed E-state index contributed by atoms with van der Waals surface area (Å²) in [5.74, 6) is 0.862. The fourth-order valence-corrected chi connectivity index (χ4v) is 2.93. The average Bonchev–Trinajstić information content (AvgIpc) is 3.03. The van der Waals surface area contributed by atoms with Gasteiger partial charge in [-0.25, -0.2) is 0 Å². The molecule has 1 aliphatic carbocycles. The Morgan fingerprint density at radius 1 is 1.39 bits per heavy atom. The molecule has 1 unspecified atom stereocenters. The Kier molecular flexibility index (Phi) is 5.24. The standard InChI is InChI=1S/C15H27N3/c1-3-9-16-15(4-2)14-10-17-18(12-14)11-13-7-5-6-8-13/h10,12-13,15-16H,3-9,11H2,1-2H3. The van der Waals surface area contributed by atoms with Crippen LogP contribution in [0.5, 0.6) is 0 Å². The van der Waals surface area contributed by atoms with Crippen molar-refractivity contribution in [1.82, 2.24) is 15.1 Å². The molecule has 18 heavy (non-hydrogen) atoms. The highest BCUT2D eigenvalue weighted by atomic mass is 15.3. The molecule has 0 saturated heterocycles. The van der Waals surface area contributed by atoms with Crippen LogP contribution in [0.3, 0.4) is 0 Å². The summed E-state index contributed by atoms with van der Waals surface area (Å²) in [6.45, 7) is 6.65. The van der Waals surface area contributed by atoms with Gasteiger partial charge in [-0.1, -0.05) is 26.7 Å². The Bertz CT molecular complexity index is 339. The molecule has 1 atom stereocenters. The zero-order valence-electron chi connectivity index (χ0n) is 11.9. The van der Waals surface area contributed by atoms with E-state index in [1.165, 1.54) is 37.7 Å². The summed E-state index contributed by atoms with van der Waals surface area (Å²) < 4.78 is 2.15. The average molecular weight is 249 g/mol. The second-order valence-corrected chi connectivity index (χ2v) is 5.56. The van der Waals surface area contributed by atoms with Gasteiger partial charge in [-0.3, -0.25) is 4.68 Å². The smallest absolute Gasteiger partial charge is 0.0537 e. The number of hydrogen-bond acceptors (Lipinski definition) is 2. The summed E-state index contributed by atoms with van der Waals surface area (Å²) in [7, 11) is 0. The molecule has 2 rings (SSSR count). The van der Waals surface area contributed by atoms with Gasteiger partial charge in [-0.2, -0.15) is 5.10 Å². The maximum Gasteiger partial charge on any atom is 0.0537 e. The van der Waals surface area contributed by atoms with Crippen molar-refractivity contribution in [2.24, 2.45) is 5.92 Å². The molecule has 3 nitrogen and oxygen atoms in total. The van der Waals surface area contributed by atoms with Crippen LogP contribution in [0.4, 0.5) is 0 Å². The lowest BCUT2D eigenvalue weighted by Crippen LogP contribution is -2.21. The van der Waals surface area contributed by atoms with E-state index in [9.17, 15) is 0 Å². The van der Waals surface area contributed by atoms with Crippen molar-refractivity contribution in [3.63, 3.8) is 0 Å². The van der Waals surface area contributed by atoms with Crippen LogP contribution in [0.15, 0.2) is 12.4 Å². The summed E-state index contributed by atoms with van der Waals surface area (Å²) in [6, 6.07) is 0.474. The number of aromatic nitrogens is 2. The van der Waals surface area contributed by atoms with Gasteiger partial charge in [0.15, 0.2) is 0 Å². The highest BCUT2D eigenvalue weighted by Crippen LogP contribution is 2.26. The lowest BCUT2D eigenvalue weighted by atomic mass is 10.1. The lowest BCUT2D eigenvalue weighted by molar-refractivity contribution is 0.428. The van der Waals surface area contributed by atoms with Gasteiger partial charge in [0.05, 0.1) is 6.20 Å². The summed E-state index contributed by atoms with van der Waals surface area (Å²) in [5.41, 5.74) is 1.35. The lowest BCUT2D eigenvalue weighted by Gasteiger charge is -2.14. The van der Waals surface area contributed by atoms with Crippen molar-refractivity contribution >= 4 is 0 Å². The summed E-state index contributed by atoms with van der Waals surface area (Å²) in [4.78, 5) is 0. The zero-order valence-corrected chi connectivity index (χ0v) is 11.9. The van der Waals surface area contributed by atoms with Crippen molar-refractivity contribution in [3.8, 4) is 0 Å². The molecule has 1 aliphatic rings. The highest BCUT2D eigenvalue weighted by Gasteiger charge is 2.17. The van der Waals surface area contributed by atoms with E-state index in [-0.39, 0.29) is 0 Å². The third-order valence-corrected chi connectivity index (χ3v) is 4.02. The first-order valence-corrected chi connectivity index (χ1v) is 7.59. The first-order valence-electron chi connectivity index (χ1n) is 7.59. The van der Waals surface area contributed by atoms with E-state index in [0.717, 1.165) is 25.4 Å². The molecule has 1 saturated carbocycles. The van der Waals surface area contributed by atoms with Crippen LogP contribution in [0, 0.1) is 5.92 Å². The van der Waals surface area contributed by atoms with E-state index >= 15 is 0 Å². The van der Waals surface area contributed by atoms with Gasteiger partial charge in [0.25, 0.3) is 0 Å². The van der Waals surface area contributed by atoms with Gasteiger partial charge in [0.2, 0.25) is 0 Å². The van der Waals surface area contributed by atoms with E-state index in [1.54, 1.807) is 0 Å². The fourth-order valence-electron chi connectivity index (χ4n) is 2.93. The van der Waals surface area contributed by atoms with Crippen molar-refractivity contribution in [3.05, 3.63) is 18.0 Å². The minimum atomic E-state index is 0.474. The third-order valence-electron chi connectivity index (χ3n) is 4.02. The Balaban J connectivity index is 1.90. The molecule has 3 heteroatoms. The molecule has 1 fully saturated rings. The highest BCUT2D eigenvalue weighted by molar-refractivity contribution is 5.10. The van der Waals surface area contributed by atoms with Gasteiger partial charge >= 0.3 is 0 Å². The summed E-state index contributed by atoms with van der Waals surface area (Å²) in [5, 5.41) is 8.12. The van der Waals surface area contributed by atoms with Crippen molar-refractivity contribution < 1.29 is 0 Å². The van der Waals surface area contributed by atoms with E-state index in [2.05, 4.69) is 35.1 Å². The molecule has 0 spiro atoms. The third kappa shape index (κ3) is 3.58. The van der Waals surface area contributed by atoms with Gasteiger partial charge in [-0.05, 0) is 38.1 Å². The normalized spacial score (nSPS) is 18.3. The van der Waals surface area contributed by atoms with Crippen LogP contribution >= 0.6 is 0 Å². The second-order valence-electron chi connectivity index (χ2n) is 5.56. The summed E-state index contributed by atoms with van der Waals surface area (Å²) in [6.07, 6.45) is 12.2. The van der Waals surface area contributed by atoms with E-state index in [4.69, 9.17) is 0 Å². The van der Waals surface area contributed by atoms with Crippen LogP contribution in [-0.4, -0.2) is 16.3 Å². The molecule has 102 valence electrons. The van der Waals surface area contributed by atoms with Crippen LogP contribution in [-0.2, 0) is 6.54 Å². The Morgan fingerprint density at radius 2 is 2.17 bits per heavy atom. The second kappa shape index (κ2) is 6.93. The molecule has 1 N–H and O–H groups in total. The Hall–Kier alpha value is -0.830. The molecular formula is C15H27N3. The molecule has 0 bridgehead atoms. The number of hydrogen-bond donors (Lipinski definition) is 1. The van der Waals surface area contributed by atoms with E-state index < -0.39 is 0 Å². The fraction of sp³-hybridized carbons (Fsp3) is 0.800. The van der Waals surface area contributed by atoms with Crippen LogP contribution < -0.4 is 5.32 Å². The topological polar surface area (TPSA) is 29.9 Å². The largest absolute Gasteiger partial charge is 0.310 e. The van der Waals surface area contributed by atoms with Crippen LogP contribution in [0.2, 0.25) is 0 Å². The van der Waals surface area contributed by atoms with Gasteiger partial charge in [0.1, 0.15) is 0 Å².